The number of aromatic nitrogens is 1. The molecule has 2 aromatic heterocycles. The van der Waals surface area contributed by atoms with Gasteiger partial charge in [-0.3, -0.25) is 19.5 Å². The SMILES string of the molecule is CC(=O)N(C(N)=S)c1ccc(Oc2ccnc3cc(C(=O)N4CCCC4)sc23)c(F)c1. The fraction of sp³-hybridized carbons (Fsp3) is 0.238. The molecule has 1 aliphatic heterocycles. The Morgan fingerprint density at radius 1 is 1.23 bits per heavy atom. The van der Waals surface area contributed by atoms with E-state index in [0.717, 1.165) is 36.9 Å². The summed E-state index contributed by atoms with van der Waals surface area (Å²) in [5, 5.41) is -0.176. The zero-order valence-corrected chi connectivity index (χ0v) is 18.3. The Bertz CT molecular complexity index is 1180. The predicted molar refractivity (Wildman–Crippen MR) is 121 cm³/mol. The number of nitrogens with zero attached hydrogens (tertiary/aromatic N) is 3. The maximum Gasteiger partial charge on any atom is 0.264 e. The predicted octanol–water partition coefficient (Wildman–Crippen LogP) is 4.06. The number of pyridine rings is 1. The highest BCUT2D eigenvalue weighted by molar-refractivity contribution is 7.80. The van der Waals surface area contributed by atoms with Gasteiger partial charge in [0.1, 0.15) is 5.75 Å². The first-order valence-corrected chi connectivity index (χ1v) is 10.8. The summed E-state index contributed by atoms with van der Waals surface area (Å²) in [5.74, 6) is -0.785. The first-order chi connectivity index (χ1) is 14.8. The van der Waals surface area contributed by atoms with Crippen LogP contribution in [0, 0.1) is 5.82 Å². The van der Waals surface area contributed by atoms with Crippen molar-refractivity contribution in [2.24, 2.45) is 5.73 Å². The van der Waals surface area contributed by atoms with Gasteiger partial charge in [-0.05, 0) is 43.3 Å². The van der Waals surface area contributed by atoms with Crippen LogP contribution in [0.3, 0.4) is 0 Å². The maximum atomic E-state index is 14.7. The molecule has 1 aliphatic rings. The molecule has 1 fully saturated rings. The molecule has 3 aromatic rings. The fourth-order valence-electron chi connectivity index (χ4n) is 3.47. The molecule has 0 bridgehead atoms. The number of nitrogens with two attached hydrogens (primary N) is 1. The minimum absolute atomic E-state index is 0.0240. The molecule has 2 N–H and O–H groups in total. The quantitative estimate of drug-likeness (QED) is 0.593. The smallest absolute Gasteiger partial charge is 0.264 e. The zero-order chi connectivity index (χ0) is 22.1. The van der Waals surface area contributed by atoms with Gasteiger partial charge in [0.15, 0.2) is 16.7 Å². The van der Waals surface area contributed by atoms with Gasteiger partial charge in [0.25, 0.3) is 5.91 Å². The molecule has 2 amide bonds. The summed E-state index contributed by atoms with van der Waals surface area (Å²) in [6, 6.07) is 7.38. The Labute approximate surface area is 187 Å². The average Bonchev–Trinajstić information content (AvgIpc) is 3.39. The Morgan fingerprint density at radius 2 is 1.97 bits per heavy atom. The highest BCUT2D eigenvalue weighted by Crippen LogP contribution is 2.37. The first-order valence-electron chi connectivity index (χ1n) is 9.60. The number of rotatable bonds is 4. The van der Waals surface area contributed by atoms with Gasteiger partial charge in [0, 0.05) is 38.3 Å². The fourth-order valence-corrected chi connectivity index (χ4v) is 4.74. The maximum absolute atomic E-state index is 14.7. The van der Waals surface area contributed by atoms with Crippen LogP contribution in [0.2, 0.25) is 0 Å². The summed E-state index contributed by atoms with van der Waals surface area (Å²) in [4.78, 5) is 32.2. The number of amides is 2. The number of carbonyl (C=O) groups is 2. The van der Waals surface area contributed by atoms with Crippen molar-refractivity contribution in [3.05, 3.63) is 47.2 Å². The van der Waals surface area contributed by atoms with Crippen LogP contribution in [0.1, 0.15) is 29.4 Å². The van der Waals surface area contributed by atoms with Crippen LogP contribution in [0.4, 0.5) is 10.1 Å². The lowest BCUT2D eigenvalue weighted by Gasteiger charge is -2.19. The molecule has 31 heavy (non-hydrogen) atoms. The molecule has 0 radical (unpaired) electrons. The van der Waals surface area contributed by atoms with E-state index in [1.165, 1.54) is 30.4 Å². The Kier molecular flexibility index (Phi) is 5.84. The van der Waals surface area contributed by atoms with Crippen molar-refractivity contribution < 1.29 is 18.7 Å². The highest BCUT2D eigenvalue weighted by atomic mass is 32.1. The van der Waals surface area contributed by atoms with Gasteiger partial charge in [-0.1, -0.05) is 0 Å². The second kappa shape index (κ2) is 8.56. The highest BCUT2D eigenvalue weighted by Gasteiger charge is 2.23. The Hall–Kier alpha value is -3.11. The number of carbonyl (C=O) groups excluding carboxylic acids is 2. The third-order valence-corrected chi connectivity index (χ3v) is 6.22. The monoisotopic (exact) mass is 458 g/mol. The van der Waals surface area contributed by atoms with Crippen molar-refractivity contribution in [2.75, 3.05) is 18.0 Å². The van der Waals surface area contributed by atoms with Gasteiger partial charge in [0.2, 0.25) is 5.91 Å². The summed E-state index contributed by atoms with van der Waals surface area (Å²) in [6.45, 7) is 2.79. The number of hydrogen-bond acceptors (Lipinski definition) is 6. The van der Waals surface area contributed by atoms with Gasteiger partial charge in [0.05, 0.1) is 20.8 Å². The van der Waals surface area contributed by atoms with Crippen molar-refractivity contribution in [3.8, 4) is 11.5 Å². The molecule has 1 aromatic carbocycles. The Balaban J connectivity index is 1.63. The minimum atomic E-state index is -0.685. The van der Waals surface area contributed by atoms with Gasteiger partial charge < -0.3 is 15.4 Å². The molecule has 0 atom stereocenters. The number of thiocarbonyl (C=S) groups is 1. The minimum Gasteiger partial charge on any atom is -0.453 e. The molecular weight excluding hydrogens is 439 g/mol. The van der Waals surface area contributed by atoms with E-state index in [0.29, 0.717) is 20.8 Å². The standard InChI is InChI=1S/C21H19FN4O3S2/c1-12(27)26(21(23)30)13-4-5-16(14(22)10-13)29-17-6-7-24-15-11-18(31-19(15)17)20(28)25-8-2-3-9-25/h4-7,10-11H,2-3,8-9H2,1H3,(H2,23,30). The van der Waals surface area contributed by atoms with E-state index in [1.54, 1.807) is 18.3 Å². The van der Waals surface area contributed by atoms with Gasteiger partial charge >= 0.3 is 0 Å². The normalized spacial score (nSPS) is 13.4. The van der Waals surface area contributed by atoms with E-state index in [2.05, 4.69) is 4.98 Å². The second-order valence-electron chi connectivity index (χ2n) is 7.04. The third-order valence-electron chi connectivity index (χ3n) is 4.91. The number of hydrogen-bond donors (Lipinski definition) is 1. The molecule has 4 rings (SSSR count). The Morgan fingerprint density at radius 3 is 2.61 bits per heavy atom. The molecule has 3 heterocycles. The molecule has 0 spiro atoms. The topological polar surface area (TPSA) is 88.8 Å². The number of benzene rings is 1. The van der Waals surface area contributed by atoms with Crippen molar-refractivity contribution in [1.29, 1.82) is 0 Å². The van der Waals surface area contributed by atoms with Crippen LogP contribution in [0.5, 0.6) is 11.5 Å². The molecule has 0 aliphatic carbocycles. The second-order valence-corrected chi connectivity index (χ2v) is 8.51. The molecule has 0 saturated carbocycles. The van der Waals surface area contributed by atoms with E-state index in [1.807, 2.05) is 4.90 Å². The third kappa shape index (κ3) is 4.21. The van der Waals surface area contributed by atoms with Crippen molar-refractivity contribution in [1.82, 2.24) is 9.88 Å². The van der Waals surface area contributed by atoms with E-state index in [9.17, 15) is 14.0 Å². The largest absolute Gasteiger partial charge is 0.453 e. The number of thiophene rings is 1. The first kappa shape index (κ1) is 21.1. The van der Waals surface area contributed by atoms with Crippen LogP contribution in [0.15, 0.2) is 36.5 Å². The van der Waals surface area contributed by atoms with Crippen LogP contribution in [-0.4, -0.2) is 39.9 Å². The number of fused-ring (bicyclic) bond motifs is 1. The van der Waals surface area contributed by atoms with Crippen molar-refractivity contribution in [3.63, 3.8) is 0 Å². The van der Waals surface area contributed by atoms with Gasteiger partial charge in [-0.2, -0.15) is 0 Å². The number of ether oxygens (including phenoxy) is 1. The van der Waals surface area contributed by atoms with Crippen LogP contribution < -0.4 is 15.4 Å². The van der Waals surface area contributed by atoms with Crippen LogP contribution in [-0.2, 0) is 4.79 Å². The van der Waals surface area contributed by atoms with E-state index < -0.39 is 11.7 Å². The van der Waals surface area contributed by atoms with Crippen LogP contribution in [0.25, 0.3) is 10.2 Å². The lowest BCUT2D eigenvalue weighted by molar-refractivity contribution is -0.115. The summed E-state index contributed by atoms with van der Waals surface area (Å²) < 4.78 is 21.2. The summed E-state index contributed by atoms with van der Waals surface area (Å²) in [6.07, 6.45) is 3.56. The molecule has 0 unspecified atom stereocenters. The average molecular weight is 459 g/mol. The molecular formula is C21H19FN4O3S2. The molecule has 10 heteroatoms. The lowest BCUT2D eigenvalue weighted by atomic mass is 10.2. The summed E-state index contributed by atoms with van der Waals surface area (Å²) >= 11 is 6.14. The lowest BCUT2D eigenvalue weighted by Crippen LogP contribution is -2.39. The molecule has 160 valence electrons. The number of anilines is 1. The number of likely N-dealkylation sites (tertiary alicyclic amines) is 1. The van der Waals surface area contributed by atoms with Crippen molar-refractivity contribution >= 4 is 56.4 Å². The zero-order valence-electron chi connectivity index (χ0n) is 16.6. The van der Waals surface area contributed by atoms with E-state index >= 15 is 0 Å². The van der Waals surface area contributed by atoms with E-state index in [4.69, 9.17) is 22.7 Å². The summed E-state index contributed by atoms with van der Waals surface area (Å²) in [5.41, 5.74) is 6.38. The molecule has 1 saturated heterocycles. The van der Waals surface area contributed by atoms with Crippen molar-refractivity contribution in [2.45, 2.75) is 19.8 Å². The molecule has 7 nitrogen and oxygen atoms in total. The van der Waals surface area contributed by atoms with Gasteiger partial charge in [-0.15, -0.1) is 11.3 Å². The summed E-state index contributed by atoms with van der Waals surface area (Å²) in [7, 11) is 0. The van der Waals surface area contributed by atoms with Crippen LogP contribution >= 0.6 is 23.6 Å². The van der Waals surface area contributed by atoms with E-state index in [-0.39, 0.29) is 22.5 Å². The van der Waals surface area contributed by atoms with Gasteiger partial charge in [-0.25, -0.2) is 4.39 Å². The number of halogens is 1.